The zero-order valence-corrected chi connectivity index (χ0v) is 15.9. The van der Waals surface area contributed by atoms with Crippen molar-refractivity contribution in [3.05, 3.63) is 28.3 Å². The molecule has 0 aromatic heterocycles. The first-order valence-corrected chi connectivity index (χ1v) is 10.5. The molecule has 0 amide bonds. The molecular formula is C17H25NO3S2. The molecular weight excluding hydrogens is 330 g/mol. The van der Waals surface area contributed by atoms with Gasteiger partial charge in [0.25, 0.3) is 0 Å². The number of benzene rings is 1. The van der Waals surface area contributed by atoms with Gasteiger partial charge in [-0.15, -0.1) is 11.8 Å². The molecule has 1 aromatic rings. The van der Waals surface area contributed by atoms with Crippen molar-refractivity contribution in [3.8, 4) is 0 Å². The van der Waals surface area contributed by atoms with Crippen molar-refractivity contribution in [3.63, 3.8) is 0 Å². The lowest BCUT2D eigenvalue weighted by Crippen LogP contribution is -2.45. The SMILES string of the molecule is Cc1cc(C)c(C)c(S(=O)(=O)N2CCC3(CC2)OCCS3)c1C. The fourth-order valence-corrected chi connectivity index (χ4v) is 6.74. The highest BCUT2D eigenvalue weighted by atomic mass is 32.2. The molecule has 23 heavy (non-hydrogen) atoms. The molecule has 0 radical (unpaired) electrons. The van der Waals surface area contributed by atoms with E-state index in [4.69, 9.17) is 4.74 Å². The molecule has 2 fully saturated rings. The third-order valence-electron chi connectivity index (χ3n) is 5.19. The van der Waals surface area contributed by atoms with Crippen LogP contribution in [0.3, 0.4) is 0 Å². The summed E-state index contributed by atoms with van der Waals surface area (Å²) in [6.45, 7) is 9.66. The highest BCUT2D eigenvalue weighted by Gasteiger charge is 2.42. The number of aryl methyl sites for hydroxylation is 2. The van der Waals surface area contributed by atoms with Gasteiger partial charge < -0.3 is 4.74 Å². The van der Waals surface area contributed by atoms with E-state index < -0.39 is 10.0 Å². The Hall–Kier alpha value is -0.560. The van der Waals surface area contributed by atoms with Crippen LogP contribution in [0.25, 0.3) is 0 Å². The summed E-state index contributed by atoms with van der Waals surface area (Å²) < 4.78 is 34.0. The summed E-state index contributed by atoms with van der Waals surface area (Å²) in [4.78, 5) is 0.365. The van der Waals surface area contributed by atoms with Gasteiger partial charge in [0.05, 0.1) is 11.5 Å². The van der Waals surface area contributed by atoms with Gasteiger partial charge in [0, 0.05) is 18.8 Å². The van der Waals surface area contributed by atoms with E-state index in [2.05, 4.69) is 6.07 Å². The van der Waals surface area contributed by atoms with Crippen LogP contribution in [0.4, 0.5) is 0 Å². The molecule has 1 aromatic carbocycles. The Morgan fingerprint density at radius 3 is 2.13 bits per heavy atom. The third-order valence-corrected chi connectivity index (χ3v) is 8.79. The van der Waals surface area contributed by atoms with E-state index in [1.165, 1.54) is 0 Å². The van der Waals surface area contributed by atoms with Crippen LogP contribution in [0, 0.1) is 27.7 Å². The molecule has 2 heterocycles. The Morgan fingerprint density at radius 2 is 1.65 bits per heavy atom. The Labute approximate surface area is 143 Å². The van der Waals surface area contributed by atoms with Crippen molar-refractivity contribution >= 4 is 21.8 Å². The van der Waals surface area contributed by atoms with Crippen molar-refractivity contribution < 1.29 is 13.2 Å². The second kappa shape index (κ2) is 6.06. The van der Waals surface area contributed by atoms with Gasteiger partial charge in [0.2, 0.25) is 10.0 Å². The Kier molecular flexibility index (Phi) is 4.55. The molecule has 2 aliphatic heterocycles. The minimum absolute atomic E-state index is 0.140. The molecule has 2 aliphatic rings. The highest BCUT2D eigenvalue weighted by Crippen LogP contribution is 2.42. The minimum atomic E-state index is -3.45. The monoisotopic (exact) mass is 355 g/mol. The predicted octanol–water partition coefficient (Wildman–Crippen LogP) is 3.16. The predicted molar refractivity (Wildman–Crippen MR) is 94.5 cm³/mol. The molecule has 0 atom stereocenters. The number of thioether (sulfide) groups is 1. The van der Waals surface area contributed by atoms with E-state index in [-0.39, 0.29) is 4.93 Å². The first-order valence-electron chi connectivity index (χ1n) is 8.12. The van der Waals surface area contributed by atoms with E-state index >= 15 is 0 Å². The maximum absolute atomic E-state index is 13.2. The highest BCUT2D eigenvalue weighted by molar-refractivity contribution is 8.00. The van der Waals surface area contributed by atoms with Gasteiger partial charge in [0.1, 0.15) is 4.93 Å². The molecule has 0 N–H and O–H groups in total. The number of piperidine rings is 1. The second-order valence-corrected chi connectivity index (χ2v) is 9.92. The van der Waals surface area contributed by atoms with Crippen LogP contribution in [-0.4, -0.2) is 43.1 Å². The summed E-state index contributed by atoms with van der Waals surface area (Å²) in [5.41, 5.74) is 3.82. The number of sulfonamides is 1. The molecule has 1 spiro atoms. The number of hydrogen-bond donors (Lipinski definition) is 0. The fourth-order valence-electron chi connectivity index (χ4n) is 3.55. The van der Waals surface area contributed by atoms with Gasteiger partial charge in [0.15, 0.2) is 0 Å². The maximum Gasteiger partial charge on any atom is 0.243 e. The fraction of sp³-hybridized carbons (Fsp3) is 0.647. The molecule has 6 heteroatoms. The standard InChI is InChI=1S/C17H25NO3S2/c1-12-11-13(2)15(4)16(14(12)3)23(19,20)18-7-5-17(6-8-18)21-9-10-22-17/h11H,5-10H2,1-4H3. The Morgan fingerprint density at radius 1 is 1.09 bits per heavy atom. The molecule has 0 saturated carbocycles. The van der Waals surface area contributed by atoms with Gasteiger partial charge in [-0.3, -0.25) is 0 Å². The molecule has 2 saturated heterocycles. The Balaban J connectivity index is 1.92. The van der Waals surface area contributed by atoms with Crippen LogP contribution in [0.2, 0.25) is 0 Å². The molecule has 0 unspecified atom stereocenters. The van der Waals surface area contributed by atoms with Crippen molar-refractivity contribution in [2.75, 3.05) is 25.4 Å². The van der Waals surface area contributed by atoms with Crippen LogP contribution in [0.5, 0.6) is 0 Å². The maximum atomic E-state index is 13.2. The first kappa shape index (κ1) is 17.3. The van der Waals surface area contributed by atoms with Crippen LogP contribution in [0.15, 0.2) is 11.0 Å². The Bertz CT molecular complexity index is 686. The smallest absolute Gasteiger partial charge is 0.243 e. The van der Waals surface area contributed by atoms with Crippen LogP contribution in [0.1, 0.15) is 35.1 Å². The van der Waals surface area contributed by atoms with Crippen molar-refractivity contribution in [2.45, 2.75) is 50.4 Å². The van der Waals surface area contributed by atoms with Gasteiger partial charge in [-0.05, 0) is 62.8 Å². The number of nitrogens with zero attached hydrogens (tertiary/aromatic N) is 1. The number of ether oxygens (including phenoxy) is 1. The lowest BCUT2D eigenvalue weighted by Gasteiger charge is -2.37. The summed E-state index contributed by atoms with van der Waals surface area (Å²) in [7, 11) is -3.45. The molecule has 0 bridgehead atoms. The topological polar surface area (TPSA) is 46.6 Å². The zero-order chi connectivity index (χ0) is 16.8. The lowest BCUT2D eigenvalue weighted by molar-refractivity contribution is 0.0161. The minimum Gasteiger partial charge on any atom is -0.363 e. The van der Waals surface area contributed by atoms with Crippen LogP contribution < -0.4 is 0 Å². The zero-order valence-electron chi connectivity index (χ0n) is 14.3. The van der Waals surface area contributed by atoms with E-state index in [0.29, 0.717) is 18.0 Å². The van der Waals surface area contributed by atoms with Crippen molar-refractivity contribution in [1.29, 1.82) is 0 Å². The number of hydrogen-bond acceptors (Lipinski definition) is 4. The lowest BCUT2D eigenvalue weighted by atomic mass is 10.0. The first-order chi connectivity index (χ1) is 10.8. The van der Waals surface area contributed by atoms with Gasteiger partial charge in [-0.1, -0.05) is 6.07 Å². The van der Waals surface area contributed by atoms with Gasteiger partial charge in [-0.2, -0.15) is 4.31 Å². The second-order valence-electron chi connectivity index (χ2n) is 6.60. The average molecular weight is 356 g/mol. The largest absolute Gasteiger partial charge is 0.363 e. The van der Waals surface area contributed by atoms with Crippen LogP contribution >= 0.6 is 11.8 Å². The van der Waals surface area contributed by atoms with Crippen molar-refractivity contribution in [1.82, 2.24) is 4.31 Å². The summed E-state index contributed by atoms with van der Waals surface area (Å²) in [5, 5.41) is 0. The number of rotatable bonds is 2. The molecule has 3 rings (SSSR count). The van der Waals surface area contributed by atoms with Gasteiger partial charge in [-0.25, -0.2) is 8.42 Å². The van der Waals surface area contributed by atoms with Crippen molar-refractivity contribution in [2.24, 2.45) is 0 Å². The summed E-state index contributed by atoms with van der Waals surface area (Å²) in [5.74, 6) is 1.02. The quantitative estimate of drug-likeness (QED) is 0.817. The summed E-state index contributed by atoms with van der Waals surface area (Å²) in [6.07, 6.45) is 1.56. The van der Waals surface area contributed by atoms with Gasteiger partial charge >= 0.3 is 0 Å². The normalized spacial score (nSPS) is 21.9. The average Bonchev–Trinajstić information content (AvgIpc) is 2.94. The van der Waals surface area contributed by atoms with E-state index in [1.807, 2.05) is 39.5 Å². The van der Waals surface area contributed by atoms with Crippen LogP contribution in [-0.2, 0) is 14.8 Å². The summed E-state index contributed by atoms with van der Waals surface area (Å²) in [6, 6.07) is 2.07. The van der Waals surface area contributed by atoms with E-state index in [1.54, 1.807) is 4.31 Å². The molecule has 4 nitrogen and oxygen atoms in total. The molecule has 0 aliphatic carbocycles. The van der Waals surface area contributed by atoms with E-state index in [9.17, 15) is 8.42 Å². The van der Waals surface area contributed by atoms with E-state index in [0.717, 1.165) is 47.5 Å². The summed E-state index contributed by atoms with van der Waals surface area (Å²) >= 11 is 1.84. The third kappa shape index (κ3) is 2.95. The molecule has 128 valence electrons.